The van der Waals surface area contributed by atoms with Gasteiger partial charge in [-0.15, -0.1) is 0 Å². The number of benzene rings is 1. The molecule has 0 amide bonds. The summed E-state index contributed by atoms with van der Waals surface area (Å²) in [5.74, 6) is 0. The number of hydrogen-bond donors (Lipinski definition) is 3. The molecule has 1 aromatic carbocycles. The molecule has 0 saturated heterocycles. The highest BCUT2D eigenvalue weighted by Gasteiger charge is 2.07. The Morgan fingerprint density at radius 3 is 2.52 bits per heavy atom. The maximum absolute atomic E-state index is 11.1. The van der Waals surface area contributed by atoms with Crippen LogP contribution in [0.15, 0.2) is 29.2 Å². The molecule has 0 spiro atoms. The molecule has 1 aromatic rings. The van der Waals surface area contributed by atoms with Crippen LogP contribution in [0.2, 0.25) is 0 Å². The molecule has 6 nitrogen and oxygen atoms in total. The monoisotopic (exact) mass is 331 g/mol. The third-order valence-corrected chi connectivity index (χ3v) is 3.94. The summed E-state index contributed by atoms with van der Waals surface area (Å²) in [6, 6.07) is 6.63. The van der Waals surface area contributed by atoms with E-state index in [2.05, 4.69) is 10.6 Å². The minimum atomic E-state index is -3.63. The van der Waals surface area contributed by atoms with Crippen LogP contribution in [0.25, 0.3) is 0 Å². The minimum absolute atomic E-state index is 0.116. The Morgan fingerprint density at radius 1 is 1.38 bits per heavy atom. The lowest BCUT2D eigenvalue weighted by molar-refractivity contribution is 0.179. The summed E-state index contributed by atoms with van der Waals surface area (Å²) in [5, 5.41) is 11.8. The molecule has 0 saturated carbocycles. The molecule has 0 aliphatic rings. The molecule has 0 aliphatic carbocycles. The summed E-state index contributed by atoms with van der Waals surface area (Å²) >= 11 is 5.16. The fourth-order valence-electron chi connectivity index (χ4n) is 1.73. The molecule has 4 N–H and O–H groups in total. The highest BCUT2D eigenvalue weighted by Crippen LogP contribution is 2.08. The second kappa shape index (κ2) is 8.28. The first kappa shape index (κ1) is 17.8. The number of thiocarbonyl (C=S) groups is 1. The van der Waals surface area contributed by atoms with Crippen molar-refractivity contribution in [3.63, 3.8) is 0 Å². The van der Waals surface area contributed by atoms with E-state index in [4.69, 9.17) is 22.1 Å². The number of ether oxygens (including phenoxy) is 1. The summed E-state index contributed by atoms with van der Waals surface area (Å²) in [6.45, 7) is 3.21. The Bertz CT molecular complexity index is 559. The Morgan fingerprint density at radius 2 is 2.00 bits per heavy atom. The number of methoxy groups -OCH3 is 1. The van der Waals surface area contributed by atoms with E-state index < -0.39 is 10.0 Å². The summed E-state index contributed by atoms with van der Waals surface area (Å²) in [5.41, 5.74) is 1.00. The number of primary sulfonamides is 1. The van der Waals surface area contributed by atoms with Crippen LogP contribution in [0.1, 0.15) is 12.5 Å². The van der Waals surface area contributed by atoms with Gasteiger partial charge in [0.15, 0.2) is 5.11 Å². The molecule has 0 radical (unpaired) electrons. The molecule has 118 valence electrons. The van der Waals surface area contributed by atoms with Gasteiger partial charge in [-0.3, -0.25) is 0 Å². The first-order valence-electron chi connectivity index (χ1n) is 6.48. The number of sulfonamides is 1. The standard InChI is InChI=1S/C13H21N3O3S2/c1-10(9-19-2)16-13(20)15-8-7-11-3-5-12(6-4-11)21(14,17)18/h3-6,10H,7-9H2,1-2H3,(H2,14,17,18)(H2,15,16,20). The van der Waals surface area contributed by atoms with Crippen LogP contribution in [-0.2, 0) is 21.2 Å². The molecule has 0 aromatic heterocycles. The zero-order chi connectivity index (χ0) is 15.9. The molecule has 8 heteroatoms. The van der Waals surface area contributed by atoms with Crippen molar-refractivity contribution in [2.75, 3.05) is 20.3 Å². The van der Waals surface area contributed by atoms with Gasteiger partial charge in [-0.25, -0.2) is 13.6 Å². The maximum atomic E-state index is 11.1. The number of rotatable bonds is 7. The summed E-state index contributed by atoms with van der Waals surface area (Å²) < 4.78 is 27.3. The van der Waals surface area contributed by atoms with Crippen molar-refractivity contribution in [3.05, 3.63) is 29.8 Å². The molecule has 0 fully saturated rings. The average molecular weight is 331 g/mol. The highest BCUT2D eigenvalue weighted by atomic mass is 32.2. The van der Waals surface area contributed by atoms with Crippen LogP contribution in [0.3, 0.4) is 0 Å². The van der Waals surface area contributed by atoms with Crippen LogP contribution in [0, 0.1) is 0 Å². The number of hydrogen-bond acceptors (Lipinski definition) is 4. The summed E-state index contributed by atoms with van der Waals surface area (Å²) in [4.78, 5) is 0.116. The van der Waals surface area contributed by atoms with E-state index in [9.17, 15) is 8.42 Å². The predicted molar refractivity (Wildman–Crippen MR) is 86.6 cm³/mol. The molecular formula is C13H21N3O3S2. The second-order valence-corrected chi connectivity index (χ2v) is 6.67. The van der Waals surface area contributed by atoms with Gasteiger partial charge in [-0.1, -0.05) is 12.1 Å². The minimum Gasteiger partial charge on any atom is -0.383 e. The van der Waals surface area contributed by atoms with Crippen molar-refractivity contribution >= 4 is 27.4 Å². The molecular weight excluding hydrogens is 310 g/mol. The summed E-state index contributed by atoms with van der Waals surface area (Å²) in [7, 11) is -1.99. The molecule has 0 aliphatic heterocycles. The number of nitrogens with one attached hydrogen (secondary N) is 2. The molecule has 1 unspecified atom stereocenters. The zero-order valence-electron chi connectivity index (χ0n) is 12.1. The Kier molecular flexibility index (Phi) is 7.03. The maximum Gasteiger partial charge on any atom is 0.238 e. The van der Waals surface area contributed by atoms with E-state index in [-0.39, 0.29) is 10.9 Å². The molecule has 1 atom stereocenters. The molecule has 1 rings (SSSR count). The van der Waals surface area contributed by atoms with E-state index >= 15 is 0 Å². The van der Waals surface area contributed by atoms with Gasteiger partial charge in [-0.2, -0.15) is 0 Å². The normalized spacial score (nSPS) is 12.7. The highest BCUT2D eigenvalue weighted by molar-refractivity contribution is 7.89. The second-order valence-electron chi connectivity index (χ2n) is 4.70. The molecule has 0 bridgehead atoms. The third kappa shape index (κ3) is 6.85. The van der Waals surface area contributed by atoms with Gasteiger partial charge < -0.3 is 15.4 Å². The molecule has 21 heavy (non-hydrogen) atoms. The zero-order valence-corrected chi connectivity index (χ0v) is 13.8. The number of nitrogens with two attached hydrogens (primary N) is 1. The van der Waals surface area contributed by atoms with Gasteiger partial charge in [0.2, 0.25) is 10.0 Å². The Balaban J connectivity index is 2.37. The van der Waals surface area contributed by atoms with E-state index in [1.165, 1.54) is 12.1 Å². The van der Waals surface area contributed by atoms with Crippen molar-refractivity contribution in [2.45, 2.75) is 24.3 Å². The topological polar surface area (TPSA) is 93.4 Å². The van der Waals surface area contributed by atoms with Crippen LogP contribution < -0.4 is 15.8 Å². The largest absolute Gasteiger partial charge is 0.383 e. The van der Waals surface area contributed by atoms with E-state index in [0.29, 0.717) is 18.3 Å². The Hall–Kier alpha value is -1.22. The van der Waals surface area contributed by atoms with E-state index in [1.807, 2.05) is 6.92 Å². The van der Waals surface area contributed by atoms with Crippen molar-refractivity contribution in [2.24, 2.45) is 5.14 Å². The average Bonchev–Trinajstić information content (AvgIpc) is 2.38. The predicted octanol–water partition coefficient (Wildman–Crippen LogP) is 0.376. The fourth-order valence-corrected chi connectivity index (χ4v) is 2.55. The van der Waals surface area contributed by atoms with Crippen molar-refractivity contribution in [1.82, 2.24) is 10.6 Å². The lowest BCUT2D eigenvalue weighted by Gasteiger charge is -2.16. The van der Waals surface area contributed by atoms with Crippen molar-refractivity contribution in [1.29, 1.82) is 0 Å². The first-order valence-corrected chi connectivity index (χ1v) is 8.43. The van der Waals surface area contributed by atoms with E-state index in [1.54, 1.807) is 19.2 Å². The van der Waals surface area contributed by atoms with Gasteiger partial charge in [0, 0.05) is 19.7 Å². The molecule has 0 heterocycles. The van der Waals surface area contributed by atoms with Crippen LogP contribution in [0.4, 0.5) is 0 Å². The summed E-state index contributed by atoms with van der Waals surface area (Å²) in [6.07, 6.45) is 0.728. The van der Waals surface area contributed by atoms with Gasteiger partial charge in [-0.05, 0) is 43.3 Å². The van der Waals surface area contributed by atoms with Crippen molar-refractivity contribution in [3.8, 4) is 0 Å². The SMILES string of the molecule is COCC(C)NC(=S)NCCc1ccc(S(N)(=O)=O)cc1. The van der Waals surface area contributed by atoms with Gasteiger partial charge >= 0.3 is 0 Å². The van der Waals surface area contributed by atoms with Gasteiger partial charge in [0.25, 0.3) is 0 Å². The lowest BCUT2D eigenvalue weighted by atomic mass is 10.1. The quantitative estimate of drug-likeness (QED) is 0.625. The first-order chi connectivity index (χ1) is 9.82. The van der Waals surface area contributed by atoms with Crippen molar-refractivity contribution < 1.29 is 13.2 Å². The van der Waals surface area contributed by atoms with Gasteiger partial charge in [0.1, 0.15) is 0 Å². The Labute approximate surface area is 131 Å². The van der Waals surface area contributed by atoms with E-state index in [0.717, 1.165) is 12.0 Å². The smallest absolute Gasteiger partial charge is 0.238 e. The fraction of sp³-hybridized carbons (Fsp3) is 0.462. The lowest BCUT2D eigenvalue weighted by Crippen LogP contribution is -2.43. The van der Waals surface area contributed by atoms with Crippen LogP contribution in [0.5, 0.6) is 0 Å². The third-order valence-electron chi connectivity index (χ3n) is 2.75. The van der Waals surface area contributed by atoms with Crippen LogP contribution >= 0.6 is 12.2 Å². The van der Waals surface area contributed by atoms with Crippen LogP contribution in [-0.4, -0.2) is 39.8 Å². The van der Waals surface area contributed by atoms with Gasteiger partial charge in [0.05, 0.1) is 11.5 Å².